The molecule has 1 N–H and O–H groups in total. The molecule has 1 amide bonds. The normalized spacial score (nSPS) is 32.9. The number of nitrogens with one attached hydrogen (secondary N) is 1. The van der Waals surface area contributed by atoms with Gasteiger partial charge in [-0.1, -0.05) is 18.2 Å². The average Bonchev–Trinajstić information content (AvgIpc) is 3.29. The van der Waals surface area contributed by atoms with E-state index in [-0.39, 0.29) is 23.5 Å². The standard InChI is InChI=1S/C17H21NO4/c19-16(18-22-15-7-3-4-9-21-15)13-11-17(13)8-10-20-14-6-2-1-5-12(14)17/h1-2,5-6,13,15H,3-4,7-11H2,(H,18,19)/t13-,15?,17-/m0/s1. The van der Waals surface area contributed by atoms with E-state index in [9.17, 15) is 4.79 Å². The molecule has 1 aliphatic carbocycles. The van der Waals surface area contributed by atoms with Gasteiger partial charge in [0.15, 0.2) is 6.29 Å². The third-order valence-corrected chi connectivity index (χ3v) is 5.05. The van der Waals surface area contributed by atoms with Gasteiger partial charge in [-0.25, -0.2) is 10.3 Å². The molecule has 1 aromatic carbocycles. The van der Waals surface area contributed by atoms with E-state index in [2.05, 4.69) is 11.5 Å². The Morgan fingerprint density at radius 3 is 3.05 bits per heavy atom. The number of ether oxygens (including phenoxy) is 2. The summed E-state index contributed by atoms with van der Waals surface area (Å²) in [6.07, 6.45) is 4.45. The Hall–Kier alpha value is -1.59. The summed E-state index contributed by atoms with van der Waals surface area (Å²) in [6.45, 7) is 1.38. The summed E-state index contributed by atoms with van der Waals surface area (Å²) in [6, 6.07) is 8.04. The van der Waals surface area contributed by atoms with E-state index in [1.165, 1.54) is 0 Å². The highest BCUT2D eigenvalue weighted by molar-refractivity contribution is 5.84. The number of carbonyl (C=O) groups is 1. The molecule has 0 aromatic heterocycles. The first-order chi connectivity index (χ1) is 10.8. The summed E-state index contributed by atoms with van der Waals surface area (Å²) in [5, 5.41) is 0. The molecule has 2 aliphatic heterocycles. The predicted molar refractivity (Wildman–Crippen MR) is 79.2 cm³/mol. The molecule has 5 nitrogen and oxygen atoms in total. The van der Waals surface area contributed by atoms with Crippen molar-refractivity contribution in [2.45, 2.75) is 43.8 Å². The van der Waals surface area contributed by atoms with Crippen LogP contribution in [0.3, 0.4) is 0 Å². The average molecular weight is 303 g/mol. The minimum atomic E-state index is -0.297. The van der Waals surface area contributed by atoms with Crippen molar-refractivity contribution < 1.29 is 19.1 Å². The number of carbonyl (C=O) groups excluding carboxylic acids is 1. The van der Waals surface area contributed by atoms with Crippen LogP contribution in [-0.4, -0.2) is 25.4 Å². The summed E-state index contributed by atoms with van der Waals surface area (Å²) in [7, 11) is 0. The van der Waals surface area contributed by atoms with Crippen molar-refractivity contribution in [3.8, 4) is 5.75 Å². The fourth-order valence-electron chi connectivity index (χ4n) is 3.70. The van der Waals surface area contributed by atoms with Crippen molar-refractivity contribution >= 4 is 5.91 Å². The predicted octanol–water partition coefficient (Wildman–Crippen LogP) is 2.30. The van der Waals surface area contributed by atoms with Gasteiger partial charge < -0.3 is 9.47 Å². The van der Waals surface area contributed by atoms with Crippen LogP contribution in [-0.2, 0) is 19.8 Å². The Kier molecular flexibility index (Phi) is 3.54. The van der Waals surface area contributed by atoms with Crippen molar-refractivity contribution in [1.82, 2.24) is 5.48 Å². The Labute approximate surface area is 129 Å². The Morgan fingerprint density at radius 1 is 1.27 bits per heavy atom. The number of rotatable bonds is 3. The quantitative estimate of drug-likeness (QED) is 0.871. The van der Waals surface area contributed by atoms with Gasteiger partial charge in [0.25, 0.3) is 0 Å². The molecule has 0 bridgehead atoms. The molecule has 22 heavy (non-hydrogen) atoms. The van der Waals surface area contributed by atoms with E-state index in [0.29, 0.717) is 13.2 Å². The third kappa shape index (κ3) is 2.38. The first kappa shape index (κ1) is 14.0. The van der Waals surface area contributed by atoms with Crippen molar-refractivity contribution in [2.75, 3.05) is 13.2 Å². The summed E-state index contributed by atoms with van der Waals surface area (Å²) < 4.78 is 11.2. The molecular weight excluding hydrogens is 282 g/mol. The zero-order chi connectivity index (χ0) is 15.0. The second-order valence-electron chi connectivity index (χ2n) is 6.39. The number of hydrogen-bond donors (Lipinski definition) is 1. The molecule has 1 aromatic rings. The monoisotopic (exact) mass is 303 g/mol. The SMILES string of the molecule is O=C(NOC1CCCCO1)[C@@H]1C[C@]12CCOc1ccccc12. The molecule has 1 unspecified atom stereocenters. The Balaban J connectivity index is 1.40. The lowest BCUT2D eigenvalue weighted by molar-refractivity contribution is -0.201. The molecule has 1 spiro atoms. The van der Waals surface area contributed by atoms with Crippen LogP contribution in [0, 0.1) is 5.92 Å². The highest BCUT2D eigenvalue weighted by Crippen LogP contribution is 2.60. The van der Waals surface area contributed by atoms with Crippen molar-refractivity contribution in [3.63, 3.8) is 0 Å². The van der Waals surface area contributed by atoms with Gasteiger partial charge in [0.2, 0.25) is 5.91 Å². The van der Waals surface area contributed by atoms with Gasteiger partial charge in [0, 0.05) is 24.0 Å². The Bertz CT molecular complexity index is 570. The van der Waals surface area contributed by atoms with Gasteiger partial charge in [-0.05, 0) is 31.7 Å². The van der Waals surface area contributed by atoms with Crippen LogP contribution >= 0.6 is 0 Å². The molecule has 3 aliphatic rings. The van der Waals surface area contributed by atoms with Crippen molar-refractivity contribution in [3.05, 3.63) is 29.8 Å². The van der Waals surface area contributed by atoms with E-state index in [0.717, 1.165) is 43.4 Å². The van der Waals surface area contributed by atoms with E-state index in [1.807, 2.05) is 18.2 Å². The molecule has 3 atom stereocenters. The third-order valence-electron chi connectivity index (χ3n) is 5.05. The van der Waals surface area contributed by atoms with E-state index in [1.54, 1.807) is 0 Å². The van der Waals surface area contributed by atoms with Gasteiger partial charge >= 0.3 is 0 Å². The molecule has 118 valence electrons. The second kappa shape index (κ2) is 5.56. The van der Waals surface area contributed by atoms with E-state index < -0.39 is 0 Å². The van der Waals surface area contributed by atoms with Gasteiger partial charge in [0.1, 0.15) is 5.75 Å². The maximum Gasteiger partial charge on any atom is 0.247 e. The van der Waals surface area contributed by atoms with Gasteiger partial charge in [-0.15, -0.1) is 0 Å². The van der Waals surface area contributed by atoms with Gasteiger partial charge in [-0.2, -0.15) is 0 Å². The lowest BCUT2D eigenvalue weighted by Crippen LogP contribution is -2.36. The first-order valence-corrected chi connectivity index (χ1v) is 8.09. The zero-order valence-electron chi connectivity index (χ0n) is 12.5. The van der Waals surface area contributed by atoms with Gasteiger partial charge in [0.05, 0.1) is 12.5 Å². The maximum atomic E-state index is 12.4. The molecule has 4 rings (SSSR count). The number of para-hydroxylation sites is 1. The summed E-state index contributed by atoms with van der Waals surface area (Å²) in [5.41, 5.74) is 3.71. The van der Waals surface area contributed by atoms with Crippen LogP contribution in [0.2, 0.25) is 0 Å². The van der Waals surface area contributed by atoms with Crippen LogP contribution in [0.5, 0.6) is 5.75 Å². The van der Waals surface area contributed by atoms with Crippen LogP contribution in [0.4, 0.5) is 0 Å². The summed E-state index contributed by atoms with van der Waals surface area (Å²) in [4.78, 5) is 17.8. The zero-order valence-corrected chi connectivity index (χ0v) is 12.5. The fraction of sp³-hybridized carbons (Fsp3) is 0.588. The lowest BCUT2D eigenvalue weighted by Gasteiger charge is -2.27. The van der Waals surface area contributed by atoms with Crippen LogP contribution in [0.1, 0.15) is 37.7 Å². The van der Waals surface area contributed by atoms with Crippen molar-refractivity contribution in [1.29, 1.82) is 0 Å². The lowest BCUT2D eigenvalue weighted by atomic mass is 9.87. The fourth-order valence-corrected chi connectivity index (χ4v) is 3.70. The molecular formula is C17H21NO4. The molecule has 2 heterocycles. The first-order valence-electron chi connectivity index (χ1n) is 8.09. The molecule has 2 fully saturated rings. The van der Waals surface area contributed by atoms with Crippen LogP contribution in [0.15, 0.2) is 24.3 Å². The van der Waals surface area contributed by atoms with Gasteiger partial charge in [-0.3, -0.25) is 4.79 Å². The minimum absolute atomic E-state index is 0.0267. The Morgan fingerprint density at radius 2 is 2.18 bits per heavy atom. The molecule has 5 heteroatoms. The van der Waals surface area contributed by atoms with Crippen molar-refractivity contribution in [2.24, 2.45) is 5.92 Å². The maximum absolute atomic E-state index is 12.4. The van der Waals surface area contributed by atoms with E-state index in [4.69, 9.17) is 14.3 Å². The summed E-state index contributed by atoms with van der Waals surface area (Å²) >= 11 is 0. The van der Waals surface area contributed by atoms with Crippen LogP contribution in [0.25, 0.3) is 0 Å². The molecule has 1 saturated carbocycles. The highest BCUT2D eigenvalue weighted by atomic mass is 16.8. The molecule has 0 radical (unpaired) electrons. The number of hydrogen-bond acceptors (Lipinski definition) is 4. The summed E-state index contributed by atoms with van der Waals surface area (Å²) in [5.74, 6) is 0.854. The highest BCUT2D eigenvalue weighted by Gasteiger charge is 2.61. The number of hydroxylamine groups is 1. The smallest absolute Gasteiger partial charge is 0.247 e. The topological polar surface area (TPSA) is 56.8 Å². The molecule has 1 saturated heterocycles. The van der Waals surface area contributed by atoms with E-state index >= 15 is 0 Å². The number of fused-ring (bicyclic) bond motifs is 2. The second-order valence-corrected chi connectivity index (χ2v) is 6.39. The van der Waals surface area contributed by atoms with Crippen LogP contribution < -0.4 is 10.2 Å². The number of amides is 1. The number of benzene rings is 1. The minimum Gasteiger partial charge on any atom is -0.493 e. The largest absolute Gasteiger partial charge is 0.493 e.